The Morgan fingerprint density at radius 3 is 0.917 bits per heavy atom. The summed E-state index contributed by atoms with van der Waals surface area (Å²) in [5.41, 5.74) is 0. The van der Waals surface area contributed by atoms with Crippen LogP contribution in [-0.4, -0.2) is 15.7 Å². The van der Waals surface area contributed by atoms with E-state index in [1.165, 1.54) is 51.4 Å². The summed E-state index contributed by atoms with van der Waals surface area (Å²) >= 11 is 0. The molecule has 0 fully saturated rings. The van der Waals surface area contributed by atoms with E-state index >= 15 is 0 Å². The molecule has 66 valence electrons. The molecule has 12 heavy (non-hydrogen) atoms. The average molecular weight is 162 g/mol. The Morgan fingerprint density at radius 1 is 0.417 bits per heavy atom. The van der Waals surface area contributed by atoms with Crippen LogP contribution in [0.3, 0.4) is 0 Å². The standard InChI is InChI=1S/C10H20B2/c11-9-7-5-3-1-2-4-6-8-10-12/h1-10H2. The van der Waals surface area contributed by atoms with Crippen LogP contribution in [0.1, 0.15) is 51.4 Å². The van der Waals surface area contributed by atoms with Crippen LogP contribution in [0.25, 0.3) is 0 Å². The monoisotopic (exact) mass is 162 g/mol. The zero-order valence-corrected chi connectivity index (χ0v) is 8.23. The summed E-state index contributed by atoms with van der Waals surface area (Å²) in [5.74, 6) is 0. The third-order valence-electron chi connectivity index (χ3n) is 2.16. The minimum atomic E-state index is 0.854. The smallest absolute Gasteiger partial charge is 0.0653 e. The fourth-order valence-corrected chi connectivity index (χ4v) is 1.35. The lowest BCUT2D eigenvalue weighted by Gasteiger charge is -2.00. The molecule has 0 unspecified atom stereocenters. The molecule has 0 bridgehead atoms. The molecule has 0 aromatic rings. The maximum atomic E-state index is 5.40. The summed E-state index contributed by atoms with van der Waals surface area (Å²) in [4.78, 5) is 0. The molecule has 0 aromatic carbocycles. The Morgan fingerprint density at radius 2 is 0.667 bits per heavy atom. The van der Waals surface area contributed by atoms with Crippen molar-refractivity contribution in [3.8, 4) is 0 Å². The second-order valence-corrected chi connectivity index (χ2v) is 3.41. The van der Waals surface area contributed by atoms with Gasteiger partial charge in [-0.1, -0.05) is 64.0 Å². The minimum absolute atomic E-state index is 0.854. The van der Waals surface area contributed by atoms with Gasteiger partial charge in [0.1, 0.15) is 0 Å². The van der Waals surface area contributed by atoms with E-state index < -0.39 is 0 Å². The van der Waals surface area contributed by atoms with Crippen molar-refractivity contribution in [3.05, 3.63) is 0 Å². The van der Waals surface area contributed by atoms with Crippen LogP contribution in [0, 0.1) is 0 Å². The first-order chi connectivity index (χ1) is 5.91. The van der Waals surface area contributed by atoms with E-state index in [1.807, 2.05) is 0 Å². The first kappa shape index (κ1) is 12.1. The molecule has 0 aliphatic heterocycles. The lowest BCUT2D eigenvalue weighted by atomic mass is 9.97. The van der Waals surface area contributed by atoms with Crippen molar-refractivity contribution in [3.63, 3.8) is 0 Å². The maximum absolute atomic E-state index is 5.40. The third kappa shape index (κ3) is 10.1. The van der Waals surface area contributed by atoms with Gasteiger partial charge in [-0.15, -0.1) is 0 Å². The van der Waals surface area contributed by atoms with Gasteiger partial charge in [0, 0.05) is 0 Å². The molecule has 0 heterocycles. The highest BCUT2D eigenvalue weighted by Gasteiger charge is 1.89. The number of hydrogen-bond acceptors (Lipinski definition) is 0. The first-order valence-corrected chi connectivity index (χ1v) is 5.32. The molecule has 0 amide bonds. The van der Waals surface area contributed by atoms with Crippen LogP contribution in [-0.2, 0) is 0 Å². The fourth-order valence-electron chi connectivity index (χ4n) is 1.35. The molecular formula is C10H20B2. The van der Waals surface area contributed by atoms with E-state index in [0.29, 0.717) is 0 Å². The highest BCUT2D eigenvalue weighted by Crippen LogP contribution is 2.09. The molecule has 0 aliphatic carbocycles. The topological polar surface area (TPSA) is 0 Å². The van der Waals surface area contributed by atoms with Crippen LogP contribution in [0.2, 0.25) is 12.6 Å². The number of unbranched alkanes of at least 4 members (excludes halogenated alkanes) is 7. The van der Waals surface area contributed by atoms with Crippen LogP contribution < -0.4 is 0 Å². The molecule has 0 spiro atoms. The van der Waals surface area contributed by atoms with Gasteiger partial charge in [-0.25, -0.2) is 0 Å². The quantitative estimate of drug-likeness (QED) is 0.360. The van der Waals surface area contributed by atoms with Crippen LogP contribution in [0.4, 0.5) is 0 Å². The summed E-state index contributed by atoms with van der Waals surface area (Å²) in [7, 11) is 10.8. The highest BCUT2D eigenvalue weighted by atomic mass is 13.9. The minimum Gasteiger partial charge on any atom is -0.0887 e. The van der Waals surface area contributed by atoms with E-state index in [2.05, 4.69) is 0 Å². The highest BCUT2D eigenvalue weighted by molar-refractivity contribution is 6.08. The number of hydrogen-bond donors (Lipinski definition) is 0. The predicted octanol–water partition coefficient (Wildman–Crippen LogP) is 3.28. The lowest BCUT2D eigenvalue weighted by Crippen LogP contribution is -1.81. The predicted molar refractivity (Wildman–Crippen MR) is 58.1 cm³/mol. The SMILES string of the molecule is [B]CCCCCCCCCC[B]. The van der Waals surface area contributed by atoms with Gasteiger partial charge in [0.2, 0.25) is 0 Å². The lowest BCUT2D eigenvalue weighted by molar-refractivity contribution is 0.585. The van der Waals surface area contributed by atoms with Gasteiger partial charge in [-0.05, 0) is 0 Å². The summed E-state index contributed by atoms with van der Waals surface area (Å²) in [6.07, 6.45) is 12.2. The Hall–Kier alpha value is 0.130. The zero-order valence-electron chi connectivity index (χ0n) is 8.23. The molecular weight excluding hydrogens is 142 g/mol. The molecule has 0 saturated heterocycles. The largest absolute Gasteiger partial charge is 0.0887 e. The van der Waals surface area contributed by atoms with E-state index in [9.17, 15) is 0 Å². The van der Waals surface area contributed by atoms with E-state index in [4.69, 9.17) is 15.7 Å². The first-order valence-electron chi connectivity index (χ1n) is 5.32. The molecule has 0 rings (SSSR count). The van der Waals surface area contributed by atoms with Crippen molar-refractivity contribution >= 4 is 15.7 Å². The van der Waals surface area contributed by atoms with E-state index in [-0.39, 0.29) is 0 Å². The van der Waals surface area contributed by atoms with Crippen molar-refractivity contribution in [1.29, 1.82) is 0 Å². The molecule has 0 saturated carbocycles. The molecule has 0 atom stereocenters. The average Bonchev–Trinajstić information content (AvgIpc) is 2.10. The van der Waals surface area contributed by atoms with Crippen LogP contribution >= 0.6 is 0 Å². The molecule has 0 aliphatic rings. The van der Waals surface area contributed by atoms with Crippen molar-refractivity contribution in [2.45, 2.75) is 64.0 Å². The van der Waals surface area contributed by atoms with Gasteiger partial charge in [0.15, 0.2) is 0 Å². The fraction of sp³-hybridized carbons (Fsp3) is 1.00. The van der Waals surface area contributed by atoms with Crippen molar-refractivity contribution < 1.29 is 0 Å². The summed E-state index contributed by atoms with van der Waals surface area (Å²) in [6, 6.07) is 0. The van der Waals surface area contributed by atoms with E-state index in [1.54, 1.807) is 0 Å². The second-order valence-electron chi connectivity index (χ2n) is 3.41. The van der Waals surface area contributed by atoms with Gasteiger partial charge in [0.25, 0.3) is 0 Å². The van der Waals surface area contributed by atoms with E-state index in [0.717, 1.165) is 12.6 Å². The molecule has 0 nitrogen and oxygen atoms in total. The van der Waals surface area contributed by atoms with Gasteiger partial charge >= 0.3 is 0 Å². The van der Waals surface area contributed by atoms with Crippen molar-refractivity contribution in [1.82, 2.24) is 0 Å². The zero-order chi connectivity index (χ0) is 9.07. The molecule has 0 aromatic heterocycles. The van der Waals surface area contributed by atoms with Crippen molar-refractivity contribution in [2.75, 3.05) is 0 Å². The summed E-state index contributed by atoms with van der Waals surface area (Å²) in [5, 5.41) is 0. The van der Waals surface area contributed by atoms with Gasteiger partial charge in [-0.3, -0.25) is 0 Å². The molecule has 4 radical (unpaired) electrons. The third-order valence-corrected chi connectivity index (χ3v) is 2.16. The van der Waals surface area contributed by atoms with Gasteiger partial charge in [0.05, 0.1) is 15.7 Å². The Kier molecular flexibility index (Phi) is 11.3. The van der Waals surface area contributed by atoms with Crippen LogP contribution in [0.5, 0.6) is 0 Å². The van der Waals surface area contributed by atoms with Crippen LogP contribution in [0.15, 0.2) is 0 Å². The van der Waals surface area contributed by atoms with Crippen molar-refractivity contribution in [2.24, 2.45) is 0 Å². The second kappa shape index (κ2) is 11.1. The Labute approximate surface area is 80.3 Å². The normalized spacial score (nSPS) is 10.3. The number of rotatable bonds is 9. The summed E-state index contributed by atoms with van der Waals surface area (Å²) < 4.78 is 0. The molecule has 2 heteroatoms. The summed E-state index contributed by atoms with van der Waals surface area (Å²) in [6.45, 7) is 0. The van der Waals surface area contributed by atoms with Gasteiger partial charge < -0.3 is 0 Å². The van der Waals surface area contributed by atoms with Gasteiger partial charge in [-0.2, -0.15) is 0 Å². The Bertz CT molecular complexity index is 64.2. The maximum Gasteiger partial charge on any atom is 0.0653 e. The molecule has 0 N–H and O–H groups in total. The Balaban J connectivity index is 2.73.